The number of aryl methyl sites for hydroxylation is 1. The Morgan fingerprint density at radius 2 is 1.79 bits per heavy atom. The van der Waals surface area contributed by atoms with E-state index in [1.165, 1.54) is 6.08 Å². The van der Waals surface area contributed by atoms with Crippen molar-refractivity contribution in [2.75, 3.05) is 18.5 Å². The lowest BCUT2D eigenvalue weighted by atomic mass is 10.2. The number of aromatic nitrogens is 2. The molecule has 0 aliphatic rings. The van der Waals surface area contributed by atoms with Gasteiger partial charge in [0.25, 0.3) is 5.91 Å². The van der Waals surface area contributed by atoms with Gasteiger partial charge in [0, 0.05) is 28.9 Å². The topological polar surface area (TPSA) is 85.2 Å². The molecule has 1 heterocycles. The lowest BCUT2D eigenvalue weighted by Gasteiger charge is -2.07. The number of amides is 2. The second-order valence-electron chi connectivity index (χ2n) is 7.16. The molecule has 2 aromatic carbocycles. The van der Waals surface area contributed by atoms with Crippen molar-refractivity contribution in [1.82, 2.24) is 15.1 Å². The summed E-state index contributed by atoms with van der Waals surface area (Å²) in [6.07, 6.45) is 3.05. The van der Waals surface area contributed by atoms with Gasteiger partial charge in [0.2, 0.25) is 5.91 Å². The fraction of sp³-hybridized carbons (Fsp3) is 0.208. The summed E-state index contributed by atoms with van der Waals surface area (Å²) < 4.78 is 7.07. The van der Waals surface area contributed by atoms with Gasteiger partial charge in [-0.05, 0) is 61.9 Å². The van der Waals surface area contributed by atoms with Gasteiger partial charge < -0.3 is 15.4 Å². The lowest BCUT2D eigenvalue weighted by Crippen LogP contribution is -2.28. The van der Waals surface area contributed by atoms with Crippen molar-refractivity contribution in [1.29, 1.82) is 0 Å². The van der Waals surface area contributed by atoms with E-state index in [9.17, 15) is 9.59 Å². The number of rotatable bonds is 9. The molecular formula is C24H24Cl2N4O3. The largest absolute Gasteiger partial charge is 0.484 e. The van der Waals surface area contributed by atoms with E-state index in [0.717, 1.165) is 5.56 Å². The zero-order valence-electron chi connectivity index (χ0n) is 18.3. The Bertz CT molecular complexity index is 1140. The number of carbonyl (C=O) groups excluding carboxylic acids is 2. The number of likely N-dealkylation sites (N-methyl/N-ethyl adjacent to an activating group) is 1. The van der Waals surface area contributed by atoms with Crippen LogP contribution in [0.15, 0.2) is 54.6 Å². The van der Waals surface area contributed by atoms with Crippen LogP contribution < -0.4 is 15.4 Å². The molecule has 7 nitrogen and oxygen atoms in total. The average molecular weight is 487 g/mol. The Morgan fingerprint density at radius 3 is 2.45 bits per heavy atom. The van der Waals surface area contributed by atoms with Crippen LogP contribution in [-0.4, -0.2) is 34.7 Å². The number of hydrogen-bond donors (Lipinski definition) is 2. The highest BCUT2D eigenvalue weighted by Crippen LogP contribution is 2.23. The van der Waals surface area contributed by atoms with Crippen LogP contribution in [0.4, 0.5) is 5.69 Å². The predicted molar refractivity (Wildman–Crippen MR) is 131 cm³/mol. The highest BCUT2D eigenvalue weighted by molar-refractivity contribution is 6.31. The molecule has 0 saturated heterocycles. The zero-order chi connectivity index (χ0) is 23.8. The van der Waals surface area contributed by atoms with Gasteiger partial charge >= 0.3 is 0 Å². The van der Waals surface area contributed by atoms with Gasteiger partial charge in [0.15, 0.2) is 6.61 Å². The van der Waals surface area contributed by atoms with Crippen molar-refractivity contribution < 1.29 is 14.3 Å². The molecule has 0 spiro atoms. The normalized spacial score (nSPS) is 10.9. The van der Waals surface area contributed by atoms with Gasteiger partial charge in [-0.3, -0.25) is 9.59 Å². The van der Waals surface area contributed by atoms with Gasteiger partial charge in [-0.25, -0.2) is 4.68 Å². The number of benzene rings is 2. The first-order valence-electron chi connectivity index (χ1n) is 10.3. The molecule has 0 saturated carbocycles. The summed E-state index contributed by atoms with van der Waals surface area (Å²) in [7, 11) is 0. The molecule has 0 radical (unpaired) electrons. The van der Waals surface area contributed by atoms with Crippen LogP contribution in [0.5, 0.6) is 5.75 Å². The van der Waals surface area contributed by atoms with E-state index in [4.69, 9.17) is 27.9 Å². The van der Waals surface area contributed by atoms with Crippen molar-refractivity contribution in [3.05, 3.63) is 81.6 Å². The van der Waals surface area contributed by atoms with E-state index in [1.54, 1.807) is 35.0 Å². The minimum Gasteiger partial charge on any atom is -0.484 e. The fourth-order valence-electron chi connectivity index (χ4n) is 3.00. The molecule has 0 unspecified atom stereocenters. The number of nitrogens with one attached hydrogen (secondary N) is 2. The third kappa shape index (κ3) is 7.10. The Balaban J connectivity index is 1.58. The van der Waals surface area contributed by atoms with Crippen LogP contribution in [0.25, 0.3) is 6.08 Å². The van der Waals surface area contributed by atoms with Crippen molar-refractivity contribution in [2.45, 2.75) is 20.4 Å². The van der Waals surface area contributed by atoms with E-state index in [-0.39, 0.29) is 18.4 Å². The molecule has 1 aromatic heterocycles. The van der Waals surface area contributed by atoms with Crippen LogP contribution in [0, 0.1) is 6.92 Å². The second kappa shape index (κ2) is 11.5. The lowest BCUT2D eigenvalue weighted by molar-refractivity contribution is -0.123. The minimum atomic E-state index is -0.313. The summed E-state index contributed by atoms with van der Waals surface area (Å²) in [4.78, 5) is 23.8. The summed E-state index contributed by atoms with van der Waals surface area (Å²) >= 11 is 12.4. The second-order valence-corrected chi connectivity index (χ2v) is 7.96. The molecule has 3 aromatic rings. The van der Waals surface area contributed by atoms with Gasteiger partial charge in [0.05, 0.1) is 12.2 Å². The first-order valence-corrected chi connectivity index (χ1v) is 11.1. The Morgan fingerprint density at radius 1 is 1.09 bits per heavy atom. The fourth-order valence-corrected chi connectivity index (χ4v) is 3.42. The van der Waals surface area contributed by atoms with Crippen LogP contribution in [0.1, 0.15) is 23.7 Å². The molecule has 2 N–H and O–H groups in total. The molecule has 3 rings (SSSR count). The summed E-state index contributed by atoms with van der Waals surface area (Å²) in [6.45, 7) is 4.65. The maximum Gasteiger partial charge on any atom is 0.257 e. The summed E-state index contributed by atoms with van der Waals surface area (Å²) in [5, 5.41) is 11.0. The molecule has 0 atom stereocenters. The molecule has 33 heavy (non-hydrogen) atoms. The molecule has 172 valence electrons. The van der Waals surface area contributed by atoms with Crippen LogP contribution in [-0.2, 0) is 16.1 Å². The van der Waals surface area contributed by atoms with E-state index >= 15 is 0 Å². The summed E-state index contributed by atoms with van der Waals surface area (Å²) in [6, 6.07) is 14.2. The van der Waals surface area contributed by atoms with E-state index in [0.29, 0.717) is 46.0 Å². The van der Waals surface area contributed by atoms with Gasteiger partial charge in [-0.2, -0.15) is 5.10 Å². The minimum absolute atomic E-state index is 0.0614. The van der Waals surface area contributed by atoms with Crippen LogP contribution >= 0.6 is 23.2 Å². The SMILES string of the molecule is CCNC(=O)COc1ccc(NC(=O)/C=C/c2c(C)nn(Cc3ccc(Cl)cc3)c2Cl)cc1. The molecular weight excluding hydrogens is 463 g/mol. The van der Waals surface area contributed by atoms with Gasteiger partial charge in [-0.15, -0.1) is 0 Å². The van der Waals surface area contributed by atoms with Gasteiger partial charge in [0.1, 0.15) is 10.9 Å². The highest BCUT2D eigenvalue weighted by Gasteiger charge is 2.12. The number of carbonyl (C=O) groups is 2. The summed E-state index contributed by atoms with van der Waals surface area (Å²) in [5.74, 6) is 0.0303. The quantitative estimate of drug-likeness (QED) is 0.428. The Kier molecular flexibility index (Phi) is 8.52. The van der Waals surface area contributed by atoms with Crippen LogP contribution in [0.2, 0.25) is 10.2 Å². The number of halogens is 2. The molecule has 0 fully saturated rings. The monoisotopic (exact) mass is 486 g/mol. The van der Waals surface area contributed by atoms with E-state index in [2.05, 4.69) is 15.7 Å². The van der Waals surface area contributed by atoms with Crippen molar-refractivity contribution in [2.24, 2.45) is 0 Å². The average Bonchev–Trinajstić information content (AvgIpc) is 3.06. The van der Waals surface area contributed by atoms with Crippen molar-refractivity contribution in [3.8, 4) is 5.75 Å². The van der Waals surface area contributed by atoms with Crippen LogP contribution in [0.3, 0.4) is 0 Å². The number of nitrogens with zero attached hydrogens (tertiary/aromatic N) is 2. The van der Waals surface area contributed by atoms with Gasteiger partial charge in [-0.1, -0.05) is 35.3 Å². The standard InChI is InChI=1S/C24H24Cl2N4O3/c1-3-27-23(32)15-33-20-10-8-19(9-11-20)28-22(31)13-12-21-16(2)29-30(24(21)26)14-17-4-6-18(25)7-5-17/h4-13H,3,14-15H2,1-2H3,(H,27,32)(H,28,31)/b13-12+. The maximum atomic E-state index is 12.3. The third-order valence-corrected chi connectivity index (χ3v) is 5.27. The first-order chi connectivity index (χ1) is 15.9. The highest BCUT2D eigenvalue weighted by atomic mass is 35.5. The smallest absolute Gasteiger partial charge is 0.257 e. The zero-order valence-corrected chi connectivity index (χ0v) is 19.8. The molecule has 0 bridgehead atoms. The Hall–Kier alpha value is -3.29. The number of anilines is 1. The molecule has 0 aliphatic carbocycles. The molecule has 0 aliphatic heterocycles. The van der Waals surface area contributed by atoms with E-state index in [1.807, 2.05) is 38.1 Å². The van der Waals surface area contributed by atoms with Crippen molar-refractivity contribution >= 4 is 46.8 Å². The number of hydrogen-bond acceptors (Lipinski definition) is 4. The first kappa shape index (κ1) is 24.4. The summed E-state index contributed by atoms with van der Waals surface area (Å²) in [5.41, 5.74) is 2.99. The third-order valence-electron chi connectivity index (χ3n) is 4.62. The maximum absolute atomic E-state index is 12.3. The van der Waals surface area contributed by atoms with E-state index < -0.39 is 0 Å². The Labute approximate surface area is 202 Å². The van der Waals surface area contributed by atoms with Crippen molar-refractivity contribution in [3.63, 3.8) is 0 Å². The predicted octanol–water partition coefficient (Wildman–Crippen LogP) is 4.71. The number of ether oxygens (including phenoxy) is 1. The molecule has 9 heteroatoms. The molecule has 2 amide bonds.